The summed E-state index contributed by atoms with van der Waals surface area (Å²) in [5.74, 6) is 1.62. The second-order valence-corrected chi connectivity index (χ2v) is 5.64. The van der Waals surface area contributed by atoms with Gasteiger partial charge in [0, 0.05) is 19.1 Å². The van der Waals surface area contributed by atoms with Crippen LogP contribution < -0.4 is 14.8 Å². The molecule has 0 amide bonds. The molecule has 2 rings (SSSR count). The Morgan fingerprint density at radius 1 is 1.24 bits per heavy atom. The molecule has 0 saturated carbocycles. The third kappa shape index (κ3) is 4.61. The zero-order valence-corrected chi connectivity index (χ0v) is 13.5. The Balaban J connectivity index is 1.83. The summed E-state index contributed by atoms with van der Waals surface area (Å²) in [6.07, 6.45) is 2.70. The van der Waals surface area contributed by atoms with E-state index in [0.717, 1.165) is 24.6 Å². The molecule has 1 aromatic carbocycles. The Hall–Kier alpha value is -1.26. The maximum Gasteiger partial charge on any atom is 0.161 e. The summed E-state index contributed by atoms with van der Waals surface area (Å²) < 4.78 is 10.9. The van der Waals surface area contributed by atoms with E-state index in [-0.39, 0.29) is 0 Å². The minimum absolute atomic E-state index is 0.608. The average Bonchev–Trinajstić information content (AvgIpc) is 3.02. The van der Waals surface area contributed by atoms with E-state index in [9.17, 15) is 0 Å². The van der Waals surface area contributed by atoms with Crippen molar-refractivity contribution >= 4 is 0 Å². The van der Waals surface area contributed by atoms with Crippen LogP contribution in [0.25, 0.3) is 0 Å². The van der Waals surface area contributed by atoms with Gasteiger partial charge in [0.2, 0.25) is 0 Å². The van der Waals surface area contributed by atoms with Crippen molar-refractivity contribution in [3.8, 4) is 11.5 Å². The van der Waals surface area contributed by atoms with Gasteiger partial charge in [0.25, 0.3) is 0 Å². The summed E-state index contributed by atoms with van der Waals surface area (Å²) >= 11 is 0. The zero-order valence-electron chi connectivity index (χ0n) is 13.5. The fraction of sp³-hybridized carbons (Fsp3) is 0.647. The molecule has 1 N–H and O–H groups in total. The molecule has 1 heterocycles. The minimum atomic E-state index is 0.608. The van der Waals surface area contributed by atoms with E-state index in [1.807, 2.05) is 13.0 Å². The van der Waals surface area contributed by atoms with Crippen molar-refractivity contribution in [2.45, 2.75) is 39.3 Å². The molecule has 1 aromatic rings. The van der Waals surface area contributed by atoms with Crippen LogP contribution in [0.15, 0.2) is 18.2 Å². The lowest BCUT2D eigenvalue weighted by Gasteiger charge is -2.24. The molecule has 0 bridgehead atoms. The third-order valence-corrected chi connectivity index (χ3v) is 4.06. The van der Waals surface area contributed by atoms with Gasteiger partial charge in [0.15, 0.2) is 11.5 Å². The number of benzene rings is 1. The quantitative estimate of drug-likeness (QED) is 0.799. The van der Waals surface area contributed by atoms with E-state index < -0.39 is 0 Å². The van der Waals surface area contributed by atoms with E-state index in [0.29, 0.717) is 12.6 Å². The zero-order chi connectivity index (χ0) is 15.1. The first-order valence-corrected chi connectivity index (χ1v) is 7.99. The van der Waals surface area contributed by atoms with Crippen molar-refractivity contribution in [3.63, 3.8) is 0 Å². The van der Waals surface area contributed by atoms with Crippen LogP contribution in [0, 0.1) is 0 Å². The molecule has 1 saturated heterocycles. The highest BCUT2D eigenvalue weighted by molar-refractivity contribution is 5.42. The van der Waals surface area contributed by atoms with Crippen LogP contribution in [0.4, 0.5) is 0 Å². The van der Waals surface area contributed by atoms with Crippen LogP contribution in [0.1, 0.15) is 32.3 Å². The van der Waals surface area contributed by atoms with Gasteiger partial charge in [-0.15, -0.1) is 0 Å². The number of methoxy groups -OCH3 is 1. The fourth-order valence-electron chi connectivity index (χ4n) is 2.84. The Morgan fingerprint density at radius 3 is 2.67 bits per heavy atom. The summed E-state index contributed by atoms with van der Waals surface area (Å²) in [6, 6.07) is 6.74. The van der Waals surface area contributed by atoms with Crippen molar-refractivity contribution in [2.75, 3.05) is 33.4 Å². The van der Waals surface area contributed by atoms with Gasteiger partial charge in [0.1, 0.15) is 0 Å². The molecule has 0 spiro atoms. The van der Waals surface area contributed by atoms with Gasteiger partial charge < -0.3 is 14.8 Å². The molecule has 4 nitrogen and oxygen atoms in total. The Kier molecular flexibility index (Phi) is 6.33. The SMILES string of the molecule is CCOc1cc(CNCC(C)N2CCCC2)ccc1OC. The van der Waals surface area contributed by atoms with Crippen LogP contribution in [-0.2, 0) is 6.54 Å². The van der Waals surface area contributed by atoms with Crippen molar-refractivity contribution in [3.05, 3.63) is 23.8 Å². The van der Waals surface area contributed by atoms with Gasteiger partial charge in [-0.2, -0.15) is 0 Å². The molecular weight excluding hydrogens is 264 g/mol. The summed E-state index contributed by atoms with van der Waals surface area (Å²) in [7, 11) is 1.67. The predicted octanol–water partition coefficient (Wildman–Crippen LogP) is 2.67. The molecule has 1 aliphatic rings. The molecule has 4 heteroatoms. The largest absolute Gasteiger partial charge is 0.493 e. The van der Waals surface area contributed by atoms with Crippen LogP contribution in [0.2, 0.25) is 0 Å². The van der Waals surface area contributed by atoms with Gasteiger partial charge in [-0.1, -0.05) is 6.07 Å². The first kappa shape index (κ1) is 16.1. The Labute approximate surface area is 128 Å². The monoisotopic (exact) mass is 292 g/mol. The molecule has 1 atom stereocenters. The first-order valence-electron chi connectivity index (χ1n) is 7.99. The molecule has 0 radical (unpaired) electrons. The summed E-state index contributed by atoms with van der Waals surface area (Å²) in [5.41, 5.74) is 1.23. The highest BCUT2D eigenvalue weighted by Crippen LogP contribution is 2.27. The van der Waals surface area contributed by atoms with Crippen LogP contribution in [0.5, 0.6) is 11.5 Å². The lowest BCUT2D eigenvalue weighted by atomic mass is 10.2. The molecule has 1 fully saturated rings. The Bertz CT molecular complexity index is 431. The van der Waals surface area contributed by atoms with Crippen LogP contribution in [0.3, 0.4) is 0 Å². The normalized spacial score (nSPS) is 16.9. The molecule has 0 aliphatic carbocycles. The molecule has 21 heavy (non-hydrogen) atoms. The number of likely N-dealkylation sites (tertiary alicyclic amines) is 1. The van der Waals surface area contributed by atoms with Crippen molar-refractivity contribution in [1.29, 1.82) is 0 Å². The molecular formula is C17H28N2O2. The van der Waals surface area contributed by atoms with Crippen molar-refractivity contribution in [1.82, 2.24) is 10.2 Å². The van der Waals surface area contributed by atoms with E-state index >= 15 is 0 Å². The second-order valence-electron chi connectivity index (χ2n) is 5.64. The number of hydrogen-bond acceptors (Lipinski definition) is 4. The molecule has 1 unspecified atom stereocenters. The van der Waals surface area contributed by atoms with Crippen molar-refractivity contribution in [2.24, 2.45) is 0 Å². The number of rotatable bonds is 8. The van der Waals surface area contributed by atoms with Crippen LogP contribution in [-0.4, -0.2) is 44.3 Å². The first-order chi connectivity index (χ1) is 10.2. The molecule has 1 aliphatic heterocycles. The smallest absolute Gasteiger partial charge is 0.161 e. The predicted molar refractivity (Wildman–Crippen MR) is 86.1 cm³/mol. The lowest BCUT2D eigenvalue weighted by molar-refractivity contribution is 0.251. The second kappa shape index (κ2) is 8.25. The summed E-state index contributed by atoms with van der Waals surface area (Å²) in [4.78, 5) is 2.56. The Morgan fingerprint density at radius 2 is 2.00 bits per heavy atom. The van der Waals surface area contributed by atoms with E-state index in [1.165, 1.54) is 31.5 Å². The highest BCUT2D eigenvalue weighted by Gasteiger charge is 2.17. The van der Waals surface area contributed by atoms with E-state index in [2.05, 4.69) is 29.3 Å². The fourth-order valence-corrected chi connectivity index (χ4v) is 2.84. The van der Waals surface area contributed by atoms with Crippen LogP contribution >= 0.6 is 0 Å². The molecule has 118 valence electrons. The van der Waals surface area contributed by atoms with Crippen molar-refractivity contribution < 1.29 is 9.47 Å². The van der Waals surface area contributed by atoms with Gasteiger partial charge >= 0.3 is 0 Å². The highest BCUT2D eigenvalue weighted by atomic mass is 16.5. The van der Waals surface area contributed by atoms with E-state index in [4.69, 9.17) is 9.47 Å². The van der Waals surface area contributed by atoms with Gasteiger partial charge in [-0.25, -0.2) is 0 Å². The number of hydrogen-bond donors (Lipinski definition) is 1. The number of ether oxygens (including phenoxy) is 2. The summed E-state index contributed by atoms with van der Waals surface area (Å²) in [5, 5.41) is 3.55. The molecule has 0 aromatic heterocycles. The minimum Gasteiger partial charge on any atom is -0.493 e. The van der Waals surface area contributed by atoms with Gasteiger partial charge in [0.05, 0.1) is 13.7 Å². The number of nitrogens with zero attached hydrogens (tertiary/aromatic N) is 1. The van der Waals surface area contributed by atoms with E-state index in [1.54, 1.807) is 7.11 Å². The third-order valence-electron chi connectivity index (χ3n) is 4.06. The standard InChI is InChI=1S/C17H28N2O2/c1-4-21-17-11-15(7-8-16(17)20-3)13-18-12-14(2)19-9-5-6-10-19/h7-8,11,14,18H,4-6,9-10,12-13H2,1-3H3. The van der Waals surface area contributed by atoms with Gasteiger partial charge in [-0.3, -0.25) is 4.90 Å². The average molecular weight is 292 g/mol. The topological polar surface area (TPSA) is 33.7 Å². The number of nitrogens with one attached hydrogen (secondary N) is 1. The lowest BCUT2D eigenvalue weighted by Crippen LogP contribution is -2.38. The van der Waals surface area contributed by atoms with Gasteiger partial charge in [-0.05, 0) is 57.5 Å². The summed E-state index contributed by atoms with van der Waals surface area (Å²) in [6.45, 7) is 9.33. The maximum atomic E-state index is 5.62. The maximum absolute atomic E-state index is 5.62.